The van der Waals surface area contributed by atoms with Crippen molar-refractivity contribution in [2.45, 2.75) is 46.2 Å². The van der Waals surface area contributed by atoms with Crippen molar-refractivity contribution in [1.29, 1.82) is 0 Å². The maximum absolute atomic E-state index is 13.1. The Balaban J connectivity index is 2.25. The zero-order chi connectivity index (χ0) is 18.9. The highest BCUT2D eigenvalue weighted by atomic mass is 16.2. The average Bonchev–Trinajstić information content (AvgIpc) is 2.62. The van der Waals surface area contributed by atoms with Crippen LogP contribution in [0.5, 0.6) is 0 Å². The van der Waals surface area contributed by atoms with Gasteiger partial charge >= 0.3 is 0 Å². The van der Waals surface area contributed by atoms with Gasteiger partial charge in [-0.15, -0.1) is 0 Å². The summed E-state index contributed by atoms with van der Waals surface area (Å²) in [4.78, 5) is 27.3. The fraction of sp³-hybridized carbons (Fsp3) is 0.364. The molecule has 0 bridgehead atoms. The number of rotatable bonds is 8. The second-order valence-electron chi connectivity index (χ2n) is 6.49. The van der Waals surface area contributed by atoms with Crippen molar-refractivity contribution in [3.63, 3.8) is 0 Å². The molecule has 0 aromatic heterocycles. The largest absolute Gasteiger partial charge is 0.355 e. The Morgan fingerprint density at radius 1 is 1.00 bits per heavy atom. The summed E-state index contributed by atoms with van der Waals surface area (Å²) in [6.07, 6.45) is 0.878. The molecule has 2 amide bonds. The van der Waals surface area contributed by atoms with E-state index in [1.807, 2.05) is 75.4 Å². The molecule has 0 saturated carbocycles. The zero-order valence-corrected chi connectivity index (χ0v) is 15.9. The van der Waals surface area contributed by atoms with Gasteiger partial charge in [-0.2, -0.15) is 0 Å². The lowest BCUT2D eigenvalue weighted by molar-refractivity contribution is -0.140. The summed E-state index contributed by atoms with van der Waals surface area (Å²) in [5.41, 5.74) is 3.12. The minimum Gasteiger partial charge on any atom is -0.355 e. The van der Waals surface area contributed by atoms with Gasteiger partial charge in [0.05, 0.1) is 6.42 Å². The van der Waals surface area contributed by atoms with Crippen LogP contribution >= 0.6 is 0 Å². The van der Waals surface area contributed by atoms with E-state index < -0.39 is 6.04 Å². The molecule has 4 nitrogen and oxygen atoms in total. The van der Waals surface area contributed by atoms with Crippen LogP contribution in [0.2, 0.25) is 0 Å². The quantitative estimate of drug-likeness (QED) is 0.791. The predicted octanol–water partition coefficient (Wildman–Crippen LogP) is 3.48. The topological polar surface area (TPSA) is 49.4 Å². The normalized spacial score (nSPS) is 11.7. The molecule has 26 heavy (non-hydrogen) atoms. The lowest BCUT2D eigenvalue weighted by Crippen LogP contribution is -2.49. The summed E-state index contributed by atoms with van der Waals surface area (Å²) in [6, 6.07) is 17.3. The molecule has 4 heteroatoms. The molecular weight excluding hydrogens is 324 g/mol. The Morgan fingerprint density at radius 2 is 1.69 bits per heavy atom. The first kappa shape index (κ1) is 19.7. The van der Waals surface area contributed by atoms with Crippen molar-refractivity contribution < 1.29 is 9.59 Å². The van der Waals surface area contributed by atoms with Crippen LogP contribution in [-0.4, -0.2) is 29.3 Å². The molecule has 1 N–H and O–H groups in total. The van der Waals surface area contributed by atoms with E-state index in [4.69, 9.17) is 0 Å². The Bertz CT molecular complexity index is 728. The van der Waals surface area contributed by atoms with Crippen LogP contribution < -0.4 is 5.32 Å². The molecule has 0 saturated heterocycles. The van der Waals surface area contributed by atoms with Gasteiger partial charge in [-0.3, -0.25) is 9.59 Å². The molecule has 0 unspecified atom stereocenters. The van der Waals surface area contributed by atoms with Crippen molar-refractivity contribution in [2.75, 3.05) is 6.54 Å². The van der Waals surface area contributed by atoms with Gasteiger partial charge in [0.25, 0.3) is 0 Å². The van der Waals surface area contributed by atoms with Crippen molar-refractivity contribution in [3.05, 3.63) is 71.3 Å². The molecular formula is C22H28N2O2. The summed E-state index contributed by atoms with van der Waals surface area (Å²) >= 11 is 0. The fourth-order valence-electron chi connectivity index (χ4n) is 3.09. The number of hydrogen-bond donors (Lipinski definition) is 1. The molecule has 0 heterocycles. The Kier molecular flexibility index (Phi) is 7.39. The van der Waals surface area contributed by atoms with Crippen molar-refractivity contribution in [2.24, 2.45) is 0 Å². The van der Waals surface area contributed by atoms with Crippen LogP contribution in [0, 0.1) is 6.92 Å². The summed E-state index contributed by atoms with van der Waals surface area (Å²) in [7, 11) is 0. The highest BCUT2D eigenvalue weighted by Gasteiger charge is 2.28. The Hall–Kier alpha value is -2.62. The van der Waals surface area contributed by atoms with Crippen LogP contribution in [0.4, 0.5) is 0 Å². The van der Waals surface area contributed by atoms with Gasteiger partial charge < -0.3 is 10.2 Å². The number of benzene rings is 2. The SMILES string of the molecule is CCNC(=O)[C@H](CC)N(Cc1ccccc1)C(=O)Cc1cccc(C)c1. The van der Waals surface area contributed by atoms with Gasteiger partial charge in [-0.1, -0.05) is 67.1 Å². The van der Waals surface area contributed by atoms with E-state index in [9.17, 15) is 9.59 Å². The number of carbonyl (C=O) groups excluding carboxylic acids is 2. The summed E-state index contributed by atoms with van der Waals surface area (Å²) < 4.78 is 0. The third kappa shape index (κ3) is 5.45. The van der Waals surface area contributed by atoms with E-state index in [0.29, 0.717) is 25.9 Å². The minimum atomic E-state index is -0.465. The minimum absolute atomic E-state index is 0.0300. The molecule has 2 rings (SSSR count). The summed E-state index contributed by atoms with van der Waals surface area (Å²) in [6.45, 7) is 6.83. The first-order valence-electron chi connectivity index (χ1n) is 9.21. The zero-order valence-electron chi connectivity index (χ0n) is 15.9. The number of nitrogens with one attached hydrogen (secondary N) is 1. The number of likely N-dealkylation sites (N-methyl/N-ethyl adjacent to an activating group) is 1. The van der Waals surface area contributed by atoms with E-state index in [1.54, 1.807) is 4.90 Å². The molecule has 2 aromatic carbocycles. The van der Waals surface area contributed by atoms with Gasteiger partial charge in [0.15, 0.2) is 0 Å². The van der Waals surface area contributed by atoms with Gasteiger partial charge in [0.1, 0.15) is 6.04 Å². The van der Waals surface area contributed by atoms with Gasteiger partial charge in [0, 0.05) is 13.1 Å². The molecule has 2 aromatic rings. The van der Waals surface area contributed by atoms with Crippen LogP contribution in [0.1, 0.15) is 37.0 Å². The van der Waals surface area contributed by atoms with E-state index in [0.717, 1.165) is 16.7 Å². The van der Waals surface area contributed by atoms with Crippen LogP contribution in [0.15, 0.2) is 54.6 Å². The van der Waals surface area contributed by atoms with Gasteiger partial charge in [-0.05, 0) is 31.4 Å². The molecule has 0 aliphatic carbocycles. The van der Waals surface area contributed by atoms with Crippen LogP contribution in [-0.2, 0) is 22.6 Å². The molecule has 0 aliphatic heterocycles. The third-order valence-corrected chi connectivity index (χ3v) is 4.37. The standard InChI is InChI=1S/C22H28N2O2/c1-4-20(22(26)23-5-2)24(16-18-11-7-6-8-12-18)21(25)15-19-13-9-10-17(3)14-19/h6-14,20H,4-5,15-16H2,1-3H3,(H,23,26)/t20-/m0/s1. The van der Waals surface area contributed by atoms with E-state index in [1.165, 1.54) is 0 Å². The second kappa shape index (κ2) is 9.76. The first-order chi connectivity index (χ1) is 12.5. The summed E-state index contributed by atoms with van der Waals surface area (Å²) in [5, 5.41) is 2.86. The van der Waals surface area contributed by atoms with E-state index in [2.05, 4.69) is 5.32 Å². The van der Waals surface area contributed by atoms with Crippen molar-refractivity contribution >= 4 is 11.8 Å². The molecule has 0 spiro atoms. The highest BCUT2D eigenvalue weighted by molar-refractivity contribution is 5.88. The lowest BCUT2D eigenvalue weighted by atomic mass is 10.1. The number of carbonyl (C=O) groups is 2. The molecule has 0 fully saturated rings. The molecule has 0 aliphatic rings. The molecule has 138 valence electrons. The average molecular weight is 352 g/mol. The van der Waals surface area contributed by atoms with Gasteiger partial charge in [-0.25, -0.2) is 0 Å². The Morgan fingerprint density at radius 3 is 2.31 bits per heavy atom. The highest BCUT2D eigenvalue weighted by Crippen LogP contribution is 2.15. The molecule has 1 atom stereocenters. The van der Waals surface area contributed by atoms with Crippen LogP contribution in [0.25, 0.3) is 0 Å². The number of aryl methyl sites for hydroxylation is 1. The lowest BCUT2D eigenvalue weighted by Gasteiger charge is -2.30. The second-order valence-corrected chi connectivity index (χ2v) is 6.49. The van der Waals surface area contributed by atoms with Crippen LogP contribution in [0.3, 0.4) is 0 Å². The maximum atomic E-state index is 13.1. The van der Waals surface area contributed by atoms with Gasteiger partial charge in [0.2, 0.25) is 11.8 Å². The third-order valence-electron chi connectivity index (χ3n) is 4.37. The number of hydrogen-bond acceptors (Lipinski definition) is 2. The Labute approximate surface area is 156 Å². The summed E-state index contributed by atoms with van der Waals surface area (Å²) in [5.74, 6) is -0.124. The first-order valence-corrected chi connectivity index (χ1v) is 9.21. The predicted molar refractivity (Wildman–Crippen MR) is 105 cm³/mol. The maximum Gasteiger partial charge on any atom is 0.242 e. The smallest absolute Gasteiger partial charge is 0.242 e. The number of nitrogens with zero attached hydrogens (tertiary/aromatic N) is 1. The van der Waals surface area contributed by atoms with Crippen molar-refractivity contribution in [1.82, 2.24) is 10.2 Å². The van der Waals surface area contributed by atoms with Crippen molar-refractivity contribution in [3.8, 4) is 0 Å². The number of amides is 2. The molecule has 0 radical (unpaired) electrons. The van der Waals surface area contributed by atoms with E-state index in [-0.39, 0.29) is 11.8 Å². The fourth-order valence-corrected chi connectivity index (χ4v) is 3.09. The monoisotopic (exact) mass is 352 g/mol. The van der Waals surface area contributed by atoms with E-state index >= 15 is 0 Å².